The lowest BCUT2D eigenvalue weighted by atomic mass is 10.1. The van der Waals surface area contributed by atoms with E-state index in [9.17, 15) is 0 Å². The number of fused-ring (bicyclic) bond motifs is 1. The van der Waals surface area contributed by atoms with Gasteiger partial charge in [0.25, 0.3) is 0 Å². The number of benzene rings is 1. The Morgan fingerprint density at radius 3 is 2.70 bits per heavy atom. The highest BCUT2D eigenvalue weighted by atomic mass is 15.3. The summed E-state index contributed by atoms with van der Waals surface area (Å²) in [6.07, 6.45) is 1.07. The molecule has 0 spiro atoms. The SMILES string of the molecule is CC(C)CCn1nc(-c2ccccc2)c2c(N)[nH]nc21. The molecule has 0 fully saturated rings. The van der Waals surface area contributed by atoms with Crippen molar-refractivity contribution < 1.29 is 0 Å². The molecule has 20 heavy (non-hydrogen) atoms. The van der Waals surface area contributed by atoms with Crippen molar-refractivity contribution in [3.63, 3.8) is 0 Å². The molecule has 0 bridgehead atoms. The van der Waals surface area contributed by atoms with Gasteiger partial charge in [-0.1, -0.05) is 44.2 Å². The summed E-state index contributed by atoms with van der Waals surface area (Å²) in [5, 5.41) is 12.8. The first-order valence-corrected chi connectivity index (χ1v) is 6.92. The first-order chi connectivity index (χ1) is 9.66. The minimum atomic E-state index is 0.578. The van der Waals surface area contributed by atoms with Gasteiger partial charge in [0.2, 0.25) is 0 Å². The van der Waals surface area contributed by atoms with Crippen LogP contribution in [0.3, 0.4) is 0 Å². The molecule has 0 aliphatic heterocycles. The van der Waals surface area contributed by atoms with Crippen LogP contribution in [0, 0.1) is 5.92 Å². The zero-order chi connectivity index (χ0) is 14.1. The smallest absolute Gasteiger partial charge is 0.182 e. The fourth-order valence-corrected chi connectivity index (χ4v) is 2.32. The highest BCUT2D eigenvalue weighted by molar-refractivity contribution is 5.98. The molecule has 0 unspecified atom stereocenters. The van der Waals surface area contributed by atoms with Gasteiger partial charge in [-0.3, -0.25) is 5.10 Å². The lowest BCUT2D eigenvalue weighted by molar-refractivity contribution is 0.494. The van der Waals surface area contributed by atoms with E-state index in [-0.39, 0.29) is 0 Å². The Balaban J connectivity index is 2.10. The van der Waals surface area contributed by atoms with E-state index in [4.69, 9.17) is 10.8 Å². The molecule has 0 aliphatic rings. The number of aryl methyl sites for hydroxylation is 1. The van der Waals surface area contributed by atoms with Crippen LogP contribution in [0.1, 0.15) is 20.3 Å². The summed E-state index contributed by atoms with van der Waals surface area (Å²) < 4.78 is 1.95. The van der Waals surface area contributed by atoms with Crippen LogP contribution in [0.25, 0.3) is 22.3 Å². The van der Waals surface area contributed by atoms with E-state index in [1.54, 1.807) is 0 Å². The Hall–Kier alpha value is -2.30. The number of aromatic amines is 1. The third-order valence-electron chi connectivity index (χ3n) is 3.44. The molecule has 3 N–H and O–H groups in total. The predicted octanol–water partition coefficient (Wildman–Crippen LogP) is 3.05. The van der Waals surface area contributed by atoms with Crippen LogP contribution >= 0.6 is 0 Å². The van der Waals surface area contributed by atoms with Gasteiger partial charge in [-0.15, -0.1) is 0 Å². The Morgan fingerprint density at radius 2 is 2.00 bits per heavy atom. The summed E-state index contributed by atoms with van der Waals surface area (Å²) in [7, 11) is 0. The number of nitrogens with zero attached hydrogens (tertiary/aromatic N) is 3. The summed E-state index contributed by atoms with van der Waals surface area (Å²) in [4.78, 5) is 0. The van der Waals surface area contributed by atoms with Crippen molar-refractivity contribution in [1.82, 2.24) is 20.0 Å². The van der Waals surface area contributed by atoms with Gasteiger partial charge < -0.3 is 5.73 Å². The minimum Gasteiger partial charge on any atom is -0.383 e. The summed E-state index contributed by atoms with van der Waals surface area (Å²) in [5.74, 6) is 1.21. The van der Waals surface area contributed by atoms with Gasteiger partial charge in [0, 0.05) is 12.1 Å². The largest absolute Gasteiger partial charge is 0.383 e. The fourth-order valence-electron chi connectivity index (χ4n) is 2.32. The van der Waals surface area contributed by atoms with Crippen molar-refractivity contribution in [2.24, 2.45) is 5.92 Å². The van der Waals surface area contributed by atoms with Crippen molar-refractivity contribution in [3.8, 4) is 11.3 Å². The number of hydrogen-bond acceptors (Lipinski definition) is 3. The lowest BCUT2D eigenvalue weighted by Crippen LogP contribution is -2.04. The van der Waals surface area contributed by atoms with E-state index < -0.39 is 0 Å². The van der Waals surface area contributed by atoms with Gasteiger partial charge in [0.1, 0.15) is 11.5 Å². The van der Waals surface area contributed by atoms with E-state index in [2.05, 4.69) is 24.0 Å². The maximum atomic E-state index is 6.01. The monoisotopic (exact) mass is 269 g/mol. The maximum Gasteiger partial charge on any atom is 0.182 e. The highest BCUT2D eigenvalue weighted by Gasteiger charge is 2.17. The predicted molar refractivity (Wildman–Crippen MR) is 81.2 cm³/mol. The topological polar surface area (TPSA) is 72.5 Å². The average Bonchev–Trinajstić information content (AvgIpc) is 2.99. The van der Waals surface area contributed by atoms with Gasteiger partial charge >= 0.3 is 0 Å². The number of nitrogens with two attached hydrogens (primary N) is 1. The zero-order valence-corrected chi connectivity index (χ0v) is 11.8. The molecule has 2 heterocycles. The number of aromatic nitrogens is 4. The van der Waals surface area contributed by atoms with E-state index in [0.29, 0.717) is 11.7 Å². The summed E-state index contributed by atoms with van der Waals surface area (Å²) in [5.41, 5.74) is 8.81. The normalized spacial score (nSPS) is 11.6. The van der Waals surface area contributed by atoms with Crippen molar-refractivity contribution in [3.05, 3.63) is 30.3 Å². The number of H-pyrrole nitrogens is 1. The summed E-state index contributed by atoms with van der Waals surface area (Å²) >= 11 is 0. The van der Waals surface area contributed by atoms with Crippen molar-refractivity contribution in [2.45, 2.75) is 26.8 Å². The van der Waals surface area contributed by atoms with E-state index in [1.165, 1.54) is 0 Å². The molecule has 5 heteroatoms. The van der Waals surface area contributed by atoms with Crippen molar-refractivity contribution >= 4 is 16.9 Å². The Labute approximate surface area is 117 Å². The molecule has 5 nitrogen and oxygen atoms in total. The molecule has 0 radical (unpaired) electrons. The molecule has 0 saturated carbocycles. The van der Waals surface area contributed by atoms with Crippen LogP contribution in [0.2, 0.25) is 0 Å². The Bertz CT molecular complexity index is 709. The maximum absolute atomic E-state index is 6.01. The molecule has 104 valence electrons. The summed E-state index contributed by atoms with van der Waals surface area (Å²) in [6, 6.07) is 10.1. The highest BCUT2D eigenvalue weighted by Crippen LogP contribution is 2.30. The molecular weight excluding hydrogens is 250 g/mol. The number of nitrogens with one attached hydrogen (secondary N) is 1. The lowest BCUT2D eigenvalue weighted by Gasteiger charge is -2.04. The molecule has 3 rings (SSSR count). The van der Waals surface area contributed by atoms with E-state index in [1.807, 2.05) is 35.0 Å². The van der Waals surface area contributed by atoms with Crippen LogP contribution in [-0.4, -0.2) is 20.0 Å². The molecular formula is C15H19N5. The van der Waals surface area contributed by atoms with Crippen LogP contribution in [0.15, 0.2) is 30.3 Å². The second-order valence-corrected chi connectivity index (χ2v) is 5.46. The molecule has 2 aromatic heterocycles. The molecule has 0 amide bonds. The standard InChI is InChI=1S/C15H19N5/c1-10(2)8-9-20-15-12(14(16)17-18-15)13(19-20)11-6-4-3-5-7-11/h3-7,10H,8-9H2,1-2H3,(H3,16,17,18). The number of rotatable bonds is 4. The van der Waals surface area contributed by atoms with E-state index in [0.717, 1.165) is 35.3 Å². The second-order valence-electron chi connectivity index (χ2n) is 5.46. The second kappa shape index (κ2) is 5.00. The minimum absolute atomic E-state index is 0.578. The van der Waals surface area contributed by atoms with Crippen molar-refractivity contribution in [1.29, 1.82) is 0 Å². The van der Waals surface area contributed by atoms with Crippen LogP contribution in [-0.2, 0) is 6.54 Å². The molecule has 1 aromatic carbocycles. The molecule has 3 aromatic rings. The number of nitrogen functional groups attached to an aromatic ring is 1. The van der Waals surface area contributed by atoms with Crippen LogP contribution < -0.4 is 5.73 Å². The summed E-state index contributed by atoms with van der Waals surface area (Å²) in [6.45, 7) is 5.26. The molecule has 0 aliphatic carbocycles. The Morgan fingerprint density at radius 1 is 1.25 bits per heavy atom. The van der Waals surface area contributed by atoms with Gasteiger partial charge in [-0.25, -0.2) is 4.68 Å². The van der Waals surface area contributed by atoms with E-state index >= 15 is 0 Å². The van der Waals surface area contributed by atoms with Crippen molar-refractivity contribution in [2.75, 3.05) is 5.73 Å². The quantitative estimate of drug-likeness (QED) is 0.764. The van der Waals surface area contributed by atoms with Gasteiger partial charge in [-0.2, -0.15) is 10.2 Å². The molecule has 0 atom stereocenters. The first kappa shape index (κ1) is 12.7. The molecule has 0 saturated heterocycles. The van der Waals surface area contributed by atoms with Crippen LogP contribution in [0.5, 0.6) is 0 Å². The fraction of sp³-hybridized carbons (Fsp3) is 0.333. The number of anilines is 1. The third-order valence-corrected chi connectivity index (χ3v) is 3.44. The third kappa shape index (κ3) is 2.15. The number of hydrogen-bond donors (Lipinski definition) is 2. The van der Waals surface area contributed by atoms with Gasteiger partial charge in [0.15, 0.2) is 5.65 Å². The first-order valence-electron chi connectivity index (χ1n) is 6.92. The Kier molecular flexibility index (Phi) is 3.18. The average molecular weight is 269 g/mol. The van der Waals surface area contributed by atoms with Crippen LogP contribution in [0.4, 0.5) is 5.82 Å². The van der Waals surface area contributed by atoms with Gasteiger partial charge in [0.05, 0.1) is 5.39 Å². The van der Waals surface area contributed by atoms with Gasteiger partial charge in [-0.05, 0) is 12.3 Å². The zero-order valence-electron chi connectivity index (χ0n) is 11.8.